The van der Waals surface area contributed by atoms with Crippen molar-refractivity contribution in [2.75, 3.05) is 24.2 Å². The number of amides is 1. The molecule has 7 nitrogen and oxygen atoms in total. The first-order valence-electron chi connectivity index (χ1n) is 10.1. The average molecular weight is 433 g/mol. The fraction of sp³-hybridized carbons (Fsp3) is 0.476. The molecule has 1 atom stereocenters. The number of anilines is 1. The number of sulfonamides is 1. The van der Waals surface area contributed by atoms with E-state index in [1.807, 2.05) is 6.92 Å². The molecule has 1 aromatic carbocycles. The van der Waals surface area contributed by atoms with E-state index in [1.165, 1.54) is 22.7 Å². The van der Waals surface area contributed by atoms with E-state index in [2.05, 4.69) is 4.98 Å². The molecule has 0 radical (unpaired) electrons. The first-order valence-corrected chi connectivity index (χ1v) is 11.9. The van der Waals surface area contributed by atoms with Crippen LogP contribution >= 0.6 is 0 Å². The van der Waals surface area contributed by atoms with Crippen LogP contribution in [0.4, 0.5) is 10.2 Å². The standard InChI is InChI=1S/C21H25FN4O3S/c1-14-18-9-10-19(27)26(12-15-5-7-17(22)8-6-15)21(18)24-20(23-14)16-4-3-11-25(13-16)30(2,28)29/h5-8,16H,3-4,9-13H2,1-2H3. The fourth-order valence-electron chi connectivity index (χ4n) is 4.18. The van der Waals surface area contributed by atoms with Crippen molar-refractivity contribution in [2.24, 2.45) is 0 Å². The number of benzene rings is 1. The molecule has 4 rings (SSSR count). The minimum absolute atomic E-state index is 0.0303. The van der Waals surface area contributed by atoms with Crippen molar-refractivity contribution >= 4 is 21.7 Å². The van der Waals surface area contributed by atoms with Gasteiger partial charge in [-0.15, -0.1) is 0 Å². The first-order chi connectivity index (χ1) is 14.2. The molecule has 1 aromatic heterocycles. The van der Waals surface area contributed by atoms with Gasteiger partial charge < -0.3 is 0 Å². The zero-order valence-electron chi connectivity index (χ0n) is 17.1. The lowest BCUT2D eigenvalue weighted by atomic mass is 9.97. The molecule has 0 saturated carbocycles. The lowest BCUT2D eigenvalue weighted by Crippen LogP contribution is -2.40. The second kappa shape index (κ2) is 8.03. The van der Waals surface area contributed by atoms with E-state index in [0.29, 0.717) is 44.1 Å². The van der Waals surface area contributed by atoms with E-state index >= 15 is 0 Å². The molecule has 2 aliphatic rings. The van der Waals surface area contributed by atoms with Crippen molar-refractivity contribution in [2.45, 2.75) is 45.1 Å². The van der Waals surface area contributed by atoms with Gasteiger partial charge in [0.2, 0.25) is 15.9 Å². The van der Waals surface area contributed by atoms with Crippen molar-refractivity contribution in [1.82, 2.24) is 14.3 Å². The number of piperidine rings is 1. The predicted molar refractivity (Wildman–Crippen MR) is 111 cm³/mol. The van der Waals surface area contributed by atoms with E-state index in [-0.39, 0.29) is 17.6 Å². The summed E-state index contributed by atoms with van der Waals surface area (Å²) in [6, 6.07) is 6.08. The molecule has 0 bridgehead atoms. The van der Waals surface area contributed by atoms with Crippen LogP contribution in [0.15, 0.2) is 24.3 Å². The number of nitrogens with zero attached hydrogens (tertiary/aromatic N) is 4. The Morgan fingerprint density at radius 3 is 2.60 bits per heavy atom. The molecule has 9 heteroatoms. The summed E-state index contributed by atoms with van der Waals surface area (Å²) in [4.78, 5) is 23.8. The Bertz CT molecular complexity index is 1070. The molecule has 1 amide bonds. The maximum Gasteiger partial charge on any atom is 0.228 e. The topological polar surface area (TPSA) is 83.5 Å². The van der Waals surface area contributed by atoms with Crippen molar-refractivity contribution in [3.05, 3.63) is 52.7 Å². The Balaban J connectivity index is 1.68. The van der Waals surface area contributed by atoms with Gasteiger partial charge in [0.1, 0.15) is 17.5 Å². The molecular formula is C21H25FN4O3S. The Kier molecular flexibility index (Phi) is 5.59. The van der Waals surface area contributed by atoms with Gasteiger partial charge in [-0.05, 0) is 43.9 Å². The number of fused-ring (bicyclic) bond motifs is 1. The second-order valence-electron chi connectivity index (χ2n) is 8.04. The van der Waals surface area contributed by atoms with Crippen LogP contribution in [0.3, 0.4) is 0 Å². The Labute approximate surface area is 176 Å². The minimum Gasteiger partial charge on any atom is -0.292 e. The highest BCUT2D eigenvalue weighted by molar-refractivity contribution is 7.88. The van der Waals surface area contributed by atoms with Crippen LogP contribution in [0.25, 0.3) is 0 Å². The maximum atomic E-state index is 13.3. The van der Waals surface area contributed by atoms with Crippen LogP contribution < -0.4 is 4.90 Å². The van der Waals surface area contributed by atoms with Gasteiger partial charge in [0, 0.05) is 36.7 Å². The summed E-state index contributed by atoms with van der Waals surface area (Å²) in [5.74, 6) is 0.713. The third-order valence-electron chi connectivity index (χ3n) is 5.83. The van der Waals surface area contributed by atoms with Gasteiger partial charge in [0.15, 0.2) is 0 Å². The molecular weight excluding hydrogens is 407 g/mol. The Morgan fingerprint density at radius 1 is 1.17 bits per heavy atom. The summed E-state index contributed by atoms with van der Waals surface area (Å²) in [6.45, 7) is 3.08. The number of carbonyl (C=O) groups is 1. The fourth-order valence-corrected chi connectivity index (χ4v) is 5.09. The van der Waals surface area contributed by atoms with E-state index in [0.717, 1.165) is 29.7 Å². The molecule has 1 saturated heterocycles. The maximum absolute atomic E-state index is 13.3. The van der Waals surface area contributed by atoms with E-state index in [4.69, 9.17) is 4.98 Å². The first kappa shape index (κ1) is 20.9. The summed E-state index contributed by atoms with van der Waals surface area (Å²) in [7, 11) is -3.28. The number of halogens is 1. The van der Waals surface area contributed by atoms with Gasteiger partial charge >= 0.3 is 0 Å². The van der Waals surface area contributed by atoms with Gasteiger partial charge in [-0.2, -0.15) is 0 Å². The van der Waals surface area contributed by atoms with Crippen LogP contribution in [0.1, 0.15) is 47.8 Å². The Hall–Kier alpha value is -2.39. The highest BCUT2D eigenvalue weighted by atomic mass is 32.2. The molecule has 2 aliphatic heterocycles. The summed E-state index contributed by atoms with van der Waals surface area (Å²) in [5, 5.41) is 0. The average Bonchev–Trinajstić information content (AvgIpc) is 2.71. The third-order valence-corrected chi connectivity index (χ3v) is 7.10. The highest BCUT2D eigenvalue weighted by Gasteiger charge is 2.32. The molecule has 2 aromatic rings. The lowest BCUT2D eigenvalue weighted by molar-refractivity contribution is -0.119. The number of aryl methyl sites for hydroxylation is 1. The van der Waals surface area contributed by atoms with Crippen molar-refractivity contribution in [3.8, 4) is 0 Å². The second-order valence-corrected chi connectivity index (χ2v) is 10.0. The molecule has 0 N–H and O–H groups in total. The van der Waals surface area contributed by atoms with Crippen molar-refractivity contribution in [3.63, 3.8) is 0 Å². The number of carbonyl (C=O) groups excluding carboxylic acids is 1. The normalized spacial score (nSPS) is 20.3. The van der Waals surface area contributed by atoms with E-state index < -0.39 is 10.0 Å². The lowest BCUT2D eigenvalue weighted by Gasteiger charge is -2.33. The minimum atomic E-state index is -3.28. The molecule has 160 valence electrons. The van der Waals surface area contributed by atoms with Gasteiger partial charge in [0.05, 0.1) is 12.8 Å². The largest absolute Gasteiger partial charge is 0.292 e. The quantitative estimate of drug-likeness (QED) is 0.741. The highest BCUT2D eigenvalue weighted by Crippen LogP contribution is 2.33. The predicted octanol–water partition coefficient (Wildman–Crippen LogP) is 2.54. The van der Waals surface area contributed by atoms with Gasteiger partial charge in [-0.25, -0.2) is 27.1 Å². The number of hydrogen-bond donors (Lipinski definition) is 0. The van der Waals surface area contributed by atoms with E-state index in [9.17, 15) is 17.6 Å². The van der Waals surface area contributed by atoms with Crippen LogP contribution in [0, 0.1) is 12.7 Å². The summed E-state index contributed by atoms with van der Waals surface area (Å²) < 4.78 is 38.7. The zero-order valence-corrected chi connectivity index (χ0v) is 18.0. The third kappa shape index (κ3) is 4.22. The molecule has 1 fully saturated rings. The summed E-state index contributed by atoms with van der Waals surface area (Å²) in [5.41, 5.74) is 2.58. The molecule has 0 aliphatic carbocycles. The number of hydrogen-bond acceptors (Lipinski definition) is 5. The number of aromatic nitrogens is 2. The smallest absolute Gasteiger partial charge is 0.228 e. The summed E-state index contributed by atoms with van der Waals surface area (Å²) >= 11 is 0. The van der Waals surface area contributed by atoms with Crippen molar-refractivity contribution in [1.29, 1.82) is 0 Å². The SMILES string of the molecule is Cc1nc(C2CCCN(S(C)(=O)=O)C2)nc2c1CCC(=O)N2Cc1ccc(F)cc1. The van der Waals surface area contributed by atoms with E-state index in [1.54, 1.807) is 17.0 Å². The van der Waals surface area contributed by atoms with Gasteiger partial charge in [0.25, 0.3) is 0 Å². The Morgan fingerprint density at radius 2 is 1.90 bits per heavy atom. The molecule has 30 heavy (non-hydrogen) atoms. The monoisotopic (exact) mass is 432 g/mol. The van der Waals surface area contributed by atoms with Gasteiger partial charge in [-0.3, -0.25) is 9.69 Å². The van der Waals surface area contributed by atoms with Crippen LogP contribution in [0.2, 0.25) is 0 Å². The molecule has 0 spiro atoms. The van der Waals surface area contributed by atoms with Crippen LogP contribution in [-0.4, -0.2) is 47.9 Å². The summed E-state index contributed by atoms with van der Waals surface area (Å²) in [6.07, 6.45) is 3.73. The van der Waals surface area contributed by atoms with Crippen LogP contribution in [0.5, 0.6) is 0 Å². The molecule has 3 heterocycles. The van der Waals surface area contributed by atoms with Crippen molar-refractivity contribution < 1.29 is 17.6 Å². The zero-order chi connectivity index (χ0) is 21.5. The number of rotatable bonds is 4. The molecule has 1 unspecified atom stereocenters. The van der Waals surface area contributed by atoms with Gasteiger partial charge in [-0.1, -0.05) is 12.1 Å². The van der Waals surface area contributed by atoms with Crippen LogP contribution in [-0.2, 0) is 27.8 Å².